The SMILES string of the molecule is COc1ccc([N+](=O)[O-])cc1NC(=O)C(C)Sc1nnnn1C(C)(C)C. The number of methoxy groups -OCH3 is 1. The first-order valence-corrected chi connectivity index (χ1v) is 8.60. The van der Waals surface area contributed by atoms with Crippen molar-refractivity contribution in [2.45, 2.75) is 43.6 Å². The Hall–Kier alpha value is -2.69. The lowest BCUT2D eigenvalue weighted by molar-refractivity contribution is -0.384. The van der Waals surface area contributed by atoms with Gasteiger partial charge in [-0.3, -0.25) is 14.9 Å². The third-order valence-corrected chi connectivity index (χ3v) is 4.41. The number of nitro benzene ring substituents is 1. The van der Waals surface area contributed by atoms with Gasteiger partial charge in [0.05, 0.1) is 28.5 Å². The molecule has 1 aromatic heterocycles. The molecule has 10 nitrogen and oxygen atoms in total. The van der Waals surface area contributed by atoms with Crippen molar-refractivity contribution in [2.75, 3.05) is 12.4 Å². The van der Waals surface area contributed by atoms with E-state index in [-0.39, 0.29) is 22.8 Å². The normalized spacial score (nSPS) is 12.5. The van der Waals surface area contributed by atoms with Crippen LogP contribution in [0, 0.1) is 10.1 Å². The van der Waals surface area contributed by atoms with Gasteiger partial charge in [0.25, 0.3) is 5.69 Å². The molecule has 0 spiro atoms. The molecule has 1 atom stereocenters. The van der Waals surface area contributed by atoms with Crippen LogP contribution < -0.4 is 10.1 Å². The summed E-state index contributed by atoms with van der Waals surface area (Å²) in [5.74, 6) is -0.0158. The van der Waals surface area contributed by atoms with E-state index in [1.54, 1.807) is 11.6 Å². The number of rotatable bonds is 6. The third kappa shape index (κ3) is 4.48. The first kappa shape index (κ1) is 19.6. The highest BCUT2D eigenvalue weighted by Crippen LogP contribution is 2.30. The molecule has 1 aromatic carbocycles. The smallest absolute Gasteiger partial charge is 0.271 e. The summed E-state index contributed by atoms with van der Waals surface area (Å²) in [6, 6.07) is 4.00. The Morgan fingerprint density at radius 1 is 1.42 bits per heavy atom. The van der Waals surface area contributed by atoms with Crippen LogP contribution in [0.2, 0.25) is 0 Å². The zero-order chi connectivity index (χ0) is 19.5. The molecular formula is C15H20N6O4S. The predicted molar refractivity (Wildman–Crippen MR) is 96.4 cm³/mol. The fourth-order valence-corrected chi connectivity index (χ4v) is 3.00. The molecule has 0 saturated carbocycles. The van der Waals surface area contributed by atoms with Crippen LogP contribution in [-0.4, -0.2) is 43.4 Å². The van der Waals surface area contributed by atoms with E-state index in [9.17, 15) is 14.9 Å². The minimum Gasteiger partial charge on any atom is -0.495 e. The molecule has 0 fully saturated rings. The fraction of sp³-hybridized carbons (Fsp3) is 0.467. The maximum absolute atomic E-state index is 12.5. The van der Waals surface area contributed by atoms with Crippen molar-refractivity contribution in [3.8, 4) is 5.75 Å². The molecule has 1 heterocycles. The molecule has 2 aromatic rings. The van der Waals surface area contributed by atoms with E-state index in [1.807, 2.05) is 20.8 Å². The lowest BCUT2D eigenvalue weighted by atomic mass is 10.1. The molecule has 26 heavy (non-hydrogen) atoms. The van der Waals surface area contributed by atoms with Gasteiger partial charge in [-0.05, 0) is 44.2 Å². The molecule has 0 bridgehead atoms. The van der Waals surface area contributed by atoms with Crippen LogP contribution in [0.3, 0.4) is 0 Å². The molecule has 0 aliphatic carbocycles. The Balaban J connectivity index is 2.16. The highest BCUT2D eigenvalue weighted by molar-refractivity contribution is 8.00. The summed E-state index contributed by atoms with van der Waals surface area (Å²) in [7, 11) is 1.42. The Bertz CT molecular complexity index is 817. The van der Waals surface area contributed by atoms with Gasteiger partial charge in [0, 0.05) is 12.1 Å². The zero-order valence-corrected chi connectivity index (χ0v) is 15.9. The quantitative estimate of drug-likeness (QED) is 0.460. The second-order valence-corrected chi connectivity index (χ2v) is 7.74. The standard InChI is InChI=1S/C15H20N6O4S/c1-9(26-14-17-18-19-20(14)15(2,3)4)13(22)16-11-8-10(21(23)24)6-7-12(11)25-5/h6-9H,1-5H3,(H,16,22). The van der Waals surface area contributed by atoms with Crippen LogP contribution in [-0.2, 0) is 10.3 Å². The van der Waals surface area contributed by atoms with Gasteiger partial charge >= 0.3 is 0 Å². The molecule has 11 heteroatoms. The van der Waals surface area contributed by atoms with Gasteiger partial charge in [-0.2, -0.15) is 0 Å². The number of amides is 1. The molecular weight excluding hydrogens is 360 g/mol. The van der Waals surface area contributed by atoms with Gasteiger partial charge in [0.2, 0.25) is 11.1 Å². The molecule has 0 saturated heterocycles. The lowest BCUT2D eigenvalue weighted by Crippen LogP contribution is -2.27. The Labute approximate surface area is 154 Å². The van der Waals surface area contributed by atoms with Gasteiger partial charge < -0.3 is 10.1 Å². The Kier molecular flexibility index (Phi) is 5.80. The molecule has 2 rings (SSSR count). The highest BCUT2D eigenvalue weighted by Gasteiger charge is 2.25. The van der Waals surface area contributed by atoms with E-state index < -0.39 is 10.2 Å². The monoisotopic (exact) mass is 380 g/mol. The maximum atomic E-state index is 12.5. The van der Waals surface area contributed by atoms with Crippen molar-refractivity contribution in [3.05, 3.63) is 28.3 Å². The topological polar surface area (TPSA) is 125 Å². The van der Waals surface area contributed by atoms with Crippen molar-refractivity contribution in [1.29, 1.82) is 0 Å². The molecule has 1 amide bonds. The van der Waals surface area contributed by atoms with Crippen molar-refractivity contribution in [1.82, 2.24) is 20.2 Å². The van der Waals surface area contributed by atoms with Crippen LogP contribution in [0.5, 0.6) is 5.75 Å². The van der Waals surface area contributed by atoms with Crippen molar-refractivity contribution in [2.24, 2.45) is 0 Å². The van der Waals surface area contributed by atoms with Crippen LogP contribution in [0.1, 0.15) is 27.7 Å². The number of carbonyl (C=O) groups is 1. The van der Waals surface area contributed by atoms with E-state index >= 15 is 0 Å². The molecule has 140 valence electrons. The van der Waals surface area contributed by atoms with Gasteiger partial charge in [-0.25, -0.2) is 4.68 Å². The van der Waals surface area contributed by atoms with Gasteiger partial charge in [-0.1, -0.05) is 11.8 Å². The second kappa shape index (κ2) is 7.68. The summed E-state index contributed by atoms with van der Waals surface area (Å²) in [6.07, 6.45) is 0. The summed E-state index contributed by atoms with van der Waals surface area (Å²) in [6.45, 7) is 7.55. The number of nitro groups is 1. The minimum atomic E-state index is -0.537. The van der Waals surface area contributed by atoms with Gasteiger partial charge in [0.15, 0.2) is 0 Å². The van der Waals surface area contributed by atoms with E-state index in [0.717, 1.165) is 0 Å². The molecule has 1 N–H and O–H groups in total. The Morgan fingerprint density at radius 2 is 2.12 bits per heavy atom. The summed E-state index contributed by atoms with van der Waals surface area (Å²) >= 11 is 1.20. The van der Waals surface area contributed by atoms with E-state index in [1.165, 1.54) is 37.1 Å². The number of thioether (sulfide) groups is 1. The Morgan fingerprint density at radius 3 is 2.69 bits per heavy atom. The molecule has 0 aliphatic heterocycles. The largest absolute Gasteiger partial charge is 0.495 e. The van der Waals surface area contributed by atoms with Gasteiger partial charge in [-0.15, -0.1) is 5.10 Å². The number of hydrogen-bond donors (Lipinski definition) is 1. The fourth-order valence-electron chi connectivity index (χ4n) is 2.03. The number of non-ortho nitro benzene ring substituents is 1. The predicted octanol–water partition coefficient (Wildman–Crippen LogP) is 2.46. The number of carbonyl (C=O) groups excluding carboxylic acids is 1. The number of hydrogen-bond acceptors (Lipinski definition) is 8. The van der Waals surface area contributed by atoms with Crippen molar-refractivity contribution in [3.63, 3.8) is 0 Å². The molecule has 0 aliphatic rings. The minimum absolute atomic E-state index is 0.141. The highest BCUT2D eigenvalue weighted by atomic mass is 32.2. The third-order valence-electron chi connectivity index (χ3n) is 3.38. The van der Waals surface area contributed by atoms with Crippen LogP contribution in [0.25, 0.3) is 0 Å². The van der Waals surface area contributed by atoms with E-state index in [4.69, 9.17) is 4.74 Å². The number of nitrogens with one attached hydrogen (secondary N) is 1. The molecule has 1 unspecified atom stereocenters. The number of tetrazole rings is 1. The second-order valence-electron chi connectivity index (χ2n) is 6.44. The first-order valence-electron chi connectivity index (χ1n) is 7.72. The average Bonchev–Trinajstić information content (AvgIpc) is 3.03. The number of ether oxygens (including phenoxy) is 1. The lowest BCUT2D eigenvalue weighted by Gasteiger charge is -2.20. The average molecular weight is 380 g/mol. The number of nitrogens with zero attached hydrogens (tertiary/aromatic N) is 5. The first-order chi connectivity index (χ1) is 12.1. The van der Waals surface area contributed by atoms with Gasteiger partial charge in [0.1, 0.15) is 5.75 Å². The van der Waals surface area contributed by atoms with E-state index in [2.05, 4.69) is 20.8 Å². The number of benzene rings is 1. The van der Waals surface area contributed by atoms with E-state index in [0.29, 0.717) is 10.9 Å². The summed E-state index contributed by atoms with van der Waals surface area (Å²) in [5.41, 5.74) is -0.238. The maximum Gasteiger partial charge on any atom is 0.271 e. The summed E-state index contributed by atoms with van der Waals surface area (Å²) in [5, 5.41) is 25.1. The van der Waals surface area contributed by atoms with Crippen LogP contribution >= 0.6 is 11.8 Å². The number of aromatic nitrogens is 4. The van der Waals surface area contributed by atoms with Crippen LogP contribution in [0.15, 0.2) is 23.4 Å². The number of anilines is 1. The summed E-state index contributed by atoms with van der Waals surface area (Å²) < 4.78 is 6.78. The van der Waals surface area contributed by atoms with Crippen molar-refractivity contribution >= 4 is 29.0 Å². The zero-order valence-electron chi connectivity index (χ0n) is 15.1. The molecule has 0 radical (unpaired) electrons. The van der Waals surface area contributed by atoms with Crippen LogP contribution in [0.4, 0.5) is 11.4 Å². The summed E-state index contributed by atoms with van der Waals surface area (Å²) in [4.78, 5) is 22.9. The van der Waals surface area contributed by atoms with Crippen molar-refractivity contribution < 1.29 is 14.5 Å².